The first kappa shape index (κ1) is 10.4. The molecule has 0 fully saturated rings. The van der Waals surface area contributed by atoms with Crippen molar-refractivity contribution in [2.24, 2.45) is 0 Å². The number of fused-ring (bicyclic) bond motifs is 1. The van der Waals surface area contributed by atoms with E-state index in [1.54, 1.807) is 0 Å². The Morgan fingerprint density at radius 2 is 2.07 bits per heavy atom. The van der Waals surface area contributed by atoms with E-state index in [0.717, 1.165) is 27.7 Å². The average Bonchev–Trinajstić information content (AvgIpc) is 2.25. The molecular formula is C11H10O3S. The fraction of sp³-hybridized carbons (Fsp3) is 0.0909. The number of aryl methyl sites for hydroxylation is 1. The van der Waals surface area contributed by atoms with E-state index >= 15 is 0 Å². The predicted molar refractivity (Wildman–Crippen MR) is 59.3 cm³/mol. The van der Waals surface area contributed by atoms with Gasteiger partial charge in [0.05, 0.1) is 12.0 Å². The summed E-state index contributed by atoms with van der Waals surface area (Å²) < 4.78 is 4.43. The maximum absolute atomic E-state index is 8.10. The molecule has 15 heavy (non-hydrogen) atoms. The molecule has 78 valence electrons. The summed E-state index contributed by atoms with van der Waals surface area (Å²) in [5, 5.41) is 13.9. The number of rotatable bonds is 3. The van der Waals surface area contributed by atoms with Crippen molar-refractivity contribution in [1.29, 1.82) is 0 Å². The fourth-order valence-corrected chi connectivity index (χ4v) is 2.01. The molecule has 2 rings (SSSR count). The van der Waals surface area contributed by atoms with Gasteiger partial charge in [0.15, 0.2) is 0 Å². The van der Waals surface area contributed by atoms with E-state index in [1.807, 2.05) is 37.3 Å². The van der Waals surface area contributed by atoms with E-state index in [1.165, 1.54) is 5.56 Å². The van der Waals surface area contributed by atoms with Crippen molar-refractivity contribution in [3.8, 4) is 0 Å². The summed E-state index contributed by atoms with van der Waals surface area (Å²) in [7, 11) is 0. The van der Waals surface area contributed by atoms with Crippen LogP contribution in [0.15, 0.2) is 41.3 Å². The van der Waals surface area contributed by atoms with Crippen molar-refractivity contribution in [2.45, 2.75) is 11.8 Å². The van der Waals surface area contributed by atoms with Gasteiger partial charge in [-0.2, -0.15) is 0 Å². The van der Waals surface area contributed by atoms with Crippen molar-refractivity contribution in [1.82, 2.24) is 0 Å². The maximum Gasteiger partial charge on any atom is 0.0720 e. The summed E-state index contributed by atoms with van der Waals surface area (Å²) in [5.74, 6) is 0. The van der Waals surface area contributed by atoms with E-state index < -0.39 is 0 Å². The van der Waals surface area contributed by atoms with Crippen LogP contribution in [0.1, 0.15) is 5.56 Å². The zero-order valence-corrected chi connectivity index (χ0v) is 8.95. The molecule has 2 aromatic carbocycles. The van der Waals surface area contributed by atoms with Gasteiger partial charge in [-0.1, -0.05) is 40.9 Å². The minimum atomic E-state index is 0.904. The monoisotopic (exact) mass is 222 g/mol. The summed E-state index contributed by atoms with van der Waals surface area (Å²) in [6.07, 6.45) is 0. The molecule has 0 aliphatic heterocycles. The minimum absolute atomic E-state index is 0.904. The third-order valence-corrected chi connectivity index (χ3v) is 2.81. The molecule has 2 aromatic rings. The Labute approximate surface area is 91.7 Å². The Hall–Kier alpha value is -1.07. The van der Waals surface area contributed by atoms with Gasteiger partial charge in [-0.3, -0.25) is 0 Å². The van der Waals surface area contributed by atoms with E-state index in [0.29, 0.717) is 0 Å². The van der Waals surface area contributed by atoms with Gasteiger partial charge >= 0.3 is 0 Å². The number of hydrogen-bond donors (Lipinski definition) is 1. The van der Waals surface area contributed by atoms with Crippen LogP contribution in [-0.4, -0.2) is 5.26 Å². The Balaban J connectivity index is 2.46. The van der Waals surface area contributed by atoms with Crippen molar-refractivity contribution in [3.63, 3.8) is 0 Å². The highest BCUT2D eigenvalue weighted by molar-refractivity contribution is 7.94. The molecule has 0 amide bonds. The van der Waals surface area contributed by atoms with Gasteiger partial charge in [-0.25, -0.2) is 5.26 Å². The second-order valence-electron chi connectivity index (χ2n) is 3.21. The van der Waals surface area contributed by atoms with E-state index in [4.69, 9.17) is 5.26 Å². The molecule has 0 spiro atoms. The molecule has 0 unspecified atom stereocenters. The summed E-state index contributed by atoms with van der Waals surface area (Å²) in [6.45, 7) is 2.05. The first-order valence-corrected chi connectivity index (χ1v) is 5.19. The van der Waals surface area contributed by atoms with Crippen LogP contribution in [-0.2, 0) is 9.37 Å². The van der Waals surface area contributed by atoms with Crippen LogP contribution in [0.25, 0.3) is 10.8 Å². The first-order valence-electron chi connectivity index (χ1n) is 4.45. The molecule has 4 heteroatoms. The third-order valence-electron chi connectivity index (χ3n) is 2.15. The molecule has 0 aliphatic rings. The zero-order chi connectivity index (χ0) is 10.7. The molecule has 0 heterocycles. The second kappa shape index (κ2) is 4.63. The lowest BCUT2D eigenvalue weighted by atomic mass is 10.1. The lowest BCUT2D eigenvalue weighted by Gasteiger charge is -2.04. The second-order valence-corrected chi connectivity index (χ2v) is 3.95. The number of hydrogen-bond acceptors (Lipinski definition) is 4. The lowest BCUT2D eigenvalue weighted by molar-refractivity contribution is -0.432. The quantitative estimate of drug-likeness (QED) is 0.489. The molecule has 0 radical (unpaired) electrons. The van der Waals surface area contributed by atoms with Crippen LogP contribution in [0.2, 0.25) is 0 Å². The summed E-state index contributed by atoms with van der Waals surface area (Å²) in [6, 6.07) is 12.0. The zero-order valence-electron chi connectivity index (χ0n) is 8.14. The largest absolute Gasteiger partial charge is 0.220 e. The van der Waals surface area contributed by atoms with Crippen LogP contribution in [0, 0.1) is 6.92 Å². The molecule has 0 saturated carbocycles. The highest BCUT2D eigenvalue weighted by Crippen LogP contribution is 2.28. The standard InChI is InChI=1S/C11H10O3S/c1-8-5-6-10-9(7-8)3-2-4-11(10)15-14-13-12/h2-7,12H,1H3. The maximum atomic E-state index is 8.10. The van der Waals surface area contributed by atoms with Crippen LogP contribution in [0.5, 0.6) is 0 Å². The van der Waals surface area contributed by atoms with Crippen molar-refractivity contribution >= 4 is 22.8 Å². The molecule has 0 aliphatic carbocycles. The molecule has 3 nitrogen and oxygen atoms in total. The van der Waals surface area contributed by atoms with Gasteiger partial charge in [0.2, 0.25) is 0 Å². The minimum Gasteiger partial charge on any atom is -0.220 e. The highest BCUT2D eigenvalue weighted by atomic mass is 32.2. The Morgan fingerprint density at radius 1 is 1.20 bits per heavy atom. The summed E-state index contributed by atoms with van der Waals surface area (Å²) in [4.78, 5) is 0.904. The Bertz CT molecular complexity index is 470. The molecule has 0 aromatic heterocycles. The van der Waals surface area contributed by atoms with Gasteiger partial charge in [0, 0.05) is 4.90 Å². The molecule has 0 atom stereocenters. The SMILES string of the molecule is Cc1ccc2c(SOOO)cccc2c1. The average molecular weight is 222 g/mol. The predicted octanol–water partition coefficient (Wildman–Crippen LogP) is 3.58. The van der Waals surface area contributed by atoms with Crippen LogP contribution >= 0.6 is 12.0 Å². The van der Waals surface area contributed by atoms with Crippen molar-refractivity contribution in [3.05, 3.63) is 42.0 Å². The van der Waals surface area contributed by atoms with Gasteiger partial charge in [0.25, 0.3) is 0 Å². The summed E-state index contributed by atoms with van der Waals surface area (Å²) in [5.41, 5.74) is 1.21. The van der Waals surface area contributed by atoms with E-state index in [2.05, 4.69) is 15.4 Å². The molecule has 1 N–H and O–H groups in total. The topological polar surface area (TPSA) is 38.7 Å². The van der Waals surface area contributed by atoms with Gasteiger partial charge < -0.3 is 0 Å². The van der Waals surface area contributed by atoms with Crippen molar-refractivity contribution in [2.75, 3.05) is 0 Å². The first-order chi connectivity index (χ1) is 7.31. The lowest BCUT2D eigenvalue weighted by Crippen LogP contribution is -1.82. The van der Waals surface area contributed by atoms with Gasteiger partial charge in [0.1, 0.15) is 0 Å². The molecule has 0 saturated heterocycles. The Morgan fingerprint density at radius 3 is 2.87 bits per heavy atom. The third kappa shape index (κ3) is 2.30. The molecule has 0 bridgehead atoms. The smallest absolute Gasteiger partial charge is 0.0720 e. The molecular weight excluding hydrogens is 212 g/mol. The summed E-state index contributed by atoms with van der Waals surface area (Å²) >= 11 is 0.984. The highest BCUT2D eigenvalue weighted by Gasteiger charge is 2.02. The van der Waals surface area contributed by atoms with Gasteiger partial charge in [-0.05, 0) is 23.8 Å². The number of benzene rings is 2. The van der Waals surface area contributed by atoms with Crippen molar-refractivity contribution < 1.29 is 14.6 Å². The van der Waals surface area contributed by atoms with Gasteiger partial charge in [-0.15, -0.1) is 4.33 Å². The normalized spacial score (nSPS) is 10.8. The fourth-order valence-electron chi connectivity index (χ4n) is 1.50. The van der Waals surface area contributed by atoms with Crippen LogP contribution < -0.4 is 0 Å². The van der Waals surface area contributed by atoms with Crippen LogP contribution in [0.4, 0.5) is 0 Å². The Kier molecular flexibility index (Phi) is 3.23. The van der Waals surface area contributed by atoms with E-state index in [-0.39, 0.29) is 0 Å². The van der Waals surface area contributed by atoms with Crippen LogP contribution in [0.3, 0.4) is 0 Å². The van der Waals surface area contributed by atoms with E-state index in [9.17, 15) is 0 Å².